The van der Waals surface area contributed by atoms with E-state index < -0.39 is 12.0 Å². The van der Waals surface area contributed by atoms with Crippen molar-refractivity contribution >= 4 is 11.9 Å². The molecule has 0 saturated heterocycles. The van der Waals surface area contributed by atoms with E-state index in [-0.39, 0.29) is 5.91 Å². The van der Waals surface area contributed by atoms with E-state index in [4.69, 9.17) is 10.5 Å². The van der Waals surface area contributed by atoms with Crippen LogP contribution in [-0.2, 0) is 16.0 Å². The summed E-state index contributed by atoms with van der Waals surface area (Å²) in [6, 6.07) is 4.33. The maximum Gasteiger partial charge on any atom is 0.322 e. The number of benzene rings is 1. The van der Waals surface area contributed by atoms with Crippen molar-refractivity contribution in [2.24, 2.45) is 5.73 Å². The molecule has 104 valence electrons. The summed E-state index contributed by atoms with van der Waals surface area (Å²) in [6.07, 6.45) is 0.292. The molecule has 6 nitrogen and oxygen atoms in total. The number of carbonyl (C=O) groups excluding carboxylic acids is 2. The maximum absolute atomic E-state index is 11.7. The first-order chi connectivity index (χ1) is 9.03. The molecule has 0 aromatic heterocycles. The van der Waals surface area contributed by atoms with Gasteiger partial charge in [-0.3, -0.25) is 9.59 Å². The van der Waals surface area contributed by atoms with Gasteiger partial charge in [-0.25, -0.2) is 0 Å². The number of nitrogens with two attached hydrogens (primary N) is 1. The highest BCUT2D eigenvalue weighted by Crippen LogP contribution is 2.20. The largest absolute Gasteiger partial charge is 0.496 e. The zero-order valence-corrected chi connectivity index (χ0v) is 11.2. The van der Waals surface area contributed by atoms with Crippen molar-refractivity contribution in [1.29, 1.82) is 0 Å². The average Bonchev–Trinajstić information content (AvgIpc) is 2.45. The molecule has 0 radical (unpaired) electrons. The monoisotopic (exact) mass is 266 g/mol. The van der Waals surface area contributed by atoms with Crippen LogP contribution in [0.15, 0.2) is 18.2 Å². The summed E-state index contributed by atoms with van der Waals surface area (Å²) in [6.45, 7) is 0. The Balaban J connectivity index is 2.98. The van der Waals surface area contributed by atoms with Crippen LogP contribution in [0.4, 0.5) is 0 Å². The van der Waals surface area contributed by atoms with Gasteiger partial charge in [0.25, 0.3) is 5.91 Å². The third-order valence-corrected chi connectivity index (χ3v) is 2.70. The molecule has 0 aliphatic rings. The number of carbonyl (C=O) groups is 2. The van der Waals surface area contributed by atoms with Gasteiger partial charge in [0, 0.05) is 7.05 Å². The van der Waals surface area contributed by atoms with Crippen LogP contribution in [0.1, 0.15) is 15.9 Å². The van der Waals surface area contributed by atoms with Crippen LogP contribution in [0.2, 0.25) is 0 Å². The van der Waals surface area contributed by atoms with Crippen LogP contribution < -0.4 is 15.8 Å². The summed E-state index contributed by atoms with van der Waals surface area (Å²) >= 11 is 0. The van der Waals surface area contributed by atoms with Crippen molar-refractivity contribution in [3.05, 3.63) is 29.3 Å². The quantitative estimate of drug-likeness (QED) is 0.737. The second-order valence-corrected chi connectivity index (χ2v) is 3.95. The molecule has 1 rings (SSSR count). The van der Waals surface area contributed by atoms with Gasteiger partial charge >= 0.3 is 5.97 Å². The van der Waals surface area contributed by atoms with Crippen LogP contribution >= 0.6 is 0 Å². The lowest BCUT2D eigenvalue weighted by Gasteiger charge is -2.12. The second-order valence-electron chi connectivity index (χ2n) is 3.95. The summed E-state index contributed by atoms with van der Waals surface area (Å²) < 4.78 is 9.67. The molecule has 3 N–H and O–H groups in total. The molecular weight excluding hydrogens is 248 g/mol. The Hall–Kier alpha value is -2.08. The highest BCUT2D eigenvalue weighted by Gasteiger charge is 2.17. The topological polar surface area (TPSA) is 90.7 Å². The van der Waals surface area contributed by atoms with Gasteiger partial charge in [0.1, 0.15) is 11.8 Å². The molecule has 0 aliphatic heterocycles. The van der Waals surface area contributed by atoms with Crippen LogP contribution in [0.3, 0.4) is 0 Å². The molecule has 0 spiro atoms. The van der Waals surface area contributed by atoms with Crippen LogP contribution in [0.5, 0.6) is 5.75 Å². The Labute approximate surface area is 111 Å². The number of methoxy groups -OCH3 is 2. The number of nitrogens with one attached hydrogen (secondary N) is 1. The lowest BCUT2D eigenvalue weighted by Crippen LogP contribution is -2.33. The summed E-state index contributed by atoms with van der Waals surface area (Å²) in [5.74, 6) is -0.280. The first-order valence-electron chi connectivity index (χ1n) is 5.75. The third kappa shape index (κ3) is 3.69. The van der Waals surface area contributed by atoms with Crippen molar-refractivity contribution in [2.75, 3.05) is 21.3 Å². The van der Waals surface area contributed by atoms with Gasteiger partial charge in [-0.2, -0.15) is 0 Å². The lowest BCUT2D eigenvalue weighted by molar-refractivity contribution is -0.142. The van der Waals surface area contributed by atoms with E-state index in [1.165, 1.54) is 21.3 Å². The van der Waals surface area contributed by atoms with E-state index in [1.54, 1.807) is 18.2 Å². The molecule has 0 aliphatic carbocycles. The Morgan fingerprint density at radius 2 is 2.05 bits per heavy atom. The van der Waals surface area contributed by atoms with Gasteiger partial charge in [-0.05, 0) is 24.1 Å². The SMILES string of the molecule is CNC(=O)c1cc(CC(N)C(=O)OC)ccc1OC. The number of hydrogen-bond donors (Lipinski definition) is 2. The minimum Gasteiger partial charge on any atom is -0.496 e. The fourth-order valence-electron chi connectivity index (χ4n) is 1.68. The fourth-order valence-corrected chi connectivity index (χ4v) is 1.68. The standard InChI is InChI=1S/C13H18N2O4/c1-15-12(16)9-6-8(4-5-11(9)18-2)7-10(14)13(17)19-3/h4-6,10H,7,14H2,1-3H3,(H,15,16). The zero-order chi connectivity index (χ0) is 14.4. The smallest absolute Gasteiger partial charge is 0.322 e. The van der Waals surface area contributed by atoms with Crippen LogP contribution in [0, 0.1) is 0 Å². The lowest BCUT2D eigenvalue weighted by atomic mass is 10.0. The molecule has 0 heterocycles. The maximum atomic E-state index is 11.7. The van der Waals surface area contributed by atoms with E-state index in [0.717, 1.165) is 5.56 Å². The van der Waals surface area contributed by atoms with E-state index in [2.05, 4.69) is 10.1 Å². The predicted octanol–water partition coefficient (Wildman–Crippen LogP) is 0.0976. The molecule has 1 aromatic carbocycles. The van der Waals surface area contributed by atoms with Crippen LogP contribution in [-0.4, -0.2) is 39.2 Å². The Morgan fingerprint density at radius 3 is 2.58 bits per heavy atom. The Kier molecular flexibility index (Phi) is 5.32. The number of esters is 1. The minimum atomic E-state index is -0.754. The van der Waals surface area contributed by atoms with Gasteiger partial charge in [-0.15, -0.1) is 0 Å². The van der Waals surface area contributed by atoms with Gasteiger partial charge < -0.3 is 20.5 Å². The summed E-state index contributed by atoms with van der Waals surface area (Å²) in [4.78, 5) is 23.0. The average molecular weight is 266 g/mol. The minimum absolute atomic E-state index is 0.259. The molecule has 6 heteroatoms. The number of hydrogen-bond acceptors (Lipinski definition) is 5. The fraction of sp³-hybridized carbons (Fsp3) is 0.385. The molecular formula is C13H18N2O4. The second kappa shape index (κ2) is 6.75. The van der Waals surface area contributed by atoms with E-state index in [9.17, 15) is 9.59 Å². The summed E-state index contributed by atoms with van der Waals surface area (Å²) in [7, 11) is 4.31. The van der Waals surface area contributed by atoms with Crippen LogP contribution in [0.25, 0.3) is 0 Å². The number of rotatable bonds is 5. The third-order valence-electron chi connectivity index (χ3n) is 2.70. The molecule has 1 aromatic rings. The Bertz CT molecular complexity index is 474. The summed E-state index contributed by atoms with van der Waals surface area (Å²) in [5, 5.41) is 2.53. The molecule has 1 unspecified atom stereocenters. The van der Waals surface area contributed by atoms with E-state index in [0.29, 0.717) is 17.7 Å². The molecule has 1 amide bonds. The molecule has 0 fully saturated rings. The van der Waals surface area contributed by atoms with Crippen molar-refractivity contribution in [1.82, 2.24) is 5.32 Å². The van der Waals surface area contributed by atoms with E-state index in [1.807, 2.05) is 0 Å². The van der Waals surface area contributed by atoms with Gasteiger partial charge in [-0.1, -0.05) is 6.07 Å². The Morgan fingerprint density at radius 1 is 1.37 bits per heavy atom. The van der Waals surface area contributed by atoms with Crippen molar-refractivity contribution < 1.29 is 19.1 Å². The molecule has 0 bridgehead atoms. The van der Waals surface area contributed by atoms with Crippen molar-refractivity contribution in [2.45, 2.75) is 12.5 Å². The van der Waals surface area contributed by atoms with Gasteiger partial charge in [0.05, 0.1) is 19.8 Å². The number of amides is 1. The summed E-state index contributed by atoms with van der Waals surface area (Å²) in [5.41, 5.74) is 6.85. The normalized spacial score (nSPS) is 11.6. The van der Waals surface area contributed by atoms with Crippen molar-refractivity contribution in [3.8, 4) is 5.75 Å². The highest BCUT2D eigenvalue weighted by atomic mass is 16.5. The van der Waals surface area contributed by atoms with Gasteiger partial charge in [0.2, 0.25) is 0 Å². The first kappa shape index (κ1) is 15.0. The van der Waals surface area contributed by atoms with Gasteiger partial charge in [0.15, 0.2) is 0 Å². The highest BCUT2D eigenvalue weighted by molar-refractivity contribution is 5.97. The molecule has 0 saturated carbocycles. The zero-order valence-electron chi connectivity index (χ0n) is 11.2. The first-order valence-corrected chi connectivity index (χ1v) is 5.75. The van der Waals surface area contributed by atoms with Crippen molar-refractivity contribution in [3.63, 3.8) is 0 Å². The molecule has 1 atom stereocenters. The molecule has 19 heavy (non-hydrogen) atoms. The van der Waals surface area contributed by atoms with E-state index >= 15 is 0 Å². The number of ether oxygens (including phenoxy) is 2. The predicted molar refractivity (Wildman–Crippen MR) is 70.1 cm³/mol.